The first-order chi connectivity index (χ1) is 12.1. The predicted octanol–water partition coefficient (Wildman–Crippen LogP) is 2.53. The van der Waals surface area contributed by atoms with Crippen molar-refractivity contribution in [3.05, 3.63) is 29.3 Å². The summed E-state index contributed by atoms with van der Waals surface area (Å²) in [6.07, 6.45) is 0. The van der Waals surface area contributed by atoms with Crippen LogP contribution in [0, 0.1) is 5.41 Å². The summed E-state index contributed by atoms with van der Waals surface area (Å²) in [4.78, 5) is 11.9. The summed E-state index contributed by atoms with van der Waals surface area (Å²) in [5, 5.41) is 10.6. The molecule has 8 nitrogen and oxygen atoms in total. The van der Waals surface area contributed by atoms with Gasteiger partial charge in [-0.2, -0.15) is 0 Å². The molecule has 26 heavy (non-hydrogen) atoms. The first kappa shape index (κ1) is 20.6. The molecule has 0 saturated carbocycles. The third-order valence-corrected chi connectivity index (χ3v) is 5.93. The summed E-state index contributed by atoms with van der Waals surface area (Å²) >= 11 is 6.55. The predicted molar refractivity (Wildman–Crippen MR) is 100 cm³/mol. The molecule has 1 aromatic heterocycles. The number of carbonyl (C=O) groups is 1. The standard InChI is InChI=1S/C15H19ClN4O4S2/c1-15(2,3)12(21)18-13-19-20-14(25-13)26(22,23)17-8-9-24-11-6-4-10(16)5-7-11/h4-7,17H,8-9H2,1-3H3,(H,18,19,21). The second-order valence-corrected chi connectivity index (χ2v) is 9.63. The van der Waals surface area contributed by atoms with Crippen LogP contribution >= 0.6 is 22.9 Å². The van der Waals surface area contributed by atoms with Crippen molar-refractivity contribution in [1.82, 2.24) is 14.9 Å². The number of ether oxygens (including phenoxy) is 1. The highest BCUT2D eigenvalue weighted by Crippen LogP contribution is 2.22. The fourth-order valence-electron chi connectivity index (χ4n) is 1.59. The molecule has 0 aliphatic carbocycles. The molecule has 142 valence electrons. The van der Waals surface area contributed by atoms with Gasteiger partial charge in [0.2, 0.25) is 15.4 Å². The van der Waals surface area contributed by atoms with E-state index in [0.29, 0.717) is 10.8 Å². The van der Waals surface area contributed by atoms with Gasteiger partial charge in [0.1, 0.15) is 12.4 Å². The Morgan fingerprint density at radius 3 is 2.50 bits per heavy atom. The minimum absolute atomic E-state index is 0.0498. The molecular weight excluding hydrogens is 400 g/mol. The number of benzene rings is 1. The van der Waals surface area contributed by atoms with E-state index in [2.05, 4.69) is 20.2 Å². The number of halogens is 1. The zero-order valence-electron chi connectivity index (χ0n) is 14.4. The number of hydrogen-bond donors (Lipinski definition) is 2. The van der Waals surface area contributed by atoms with Crippen LogP contribution in [-0.2, 0) is 14.8 Å². The second kappa shape index (κ2) is 8.30. The molecule has 2 rings (SSSR count). The van der Waals surface area contributed by atoms with Crippen LogP contribution in [0.3, 0.4) is 0 Å². The Morgan fingerprint density at radius 1 is 1.23 bits per heavy atom. The fraction of sp³-hybridized carbons (Fsp3) is 0.400. The van der Waals surface area contributed by atoms with Crippen LogP contribution in [0.4, 0.5) is 5.13 Å². The van der Waals surface area contributed by atoms with E-state index in [1.807, 2.05) is 0 Å². The average molecular weight is 419 g/mol. The molecule has 0 saturated heterocycles. The van der Waals surface area contributed by atoms with E-state index in [9.17, 15) is 13.2 Å². The zero-order chi connectivity index (χ0) is 19.4. The molecule has 0 atom stereocenters. The van der Waals surface area contributed by atoms with Crippen LogP contribution in [0.5, 0.6) is 5.75 Å². The first-order valence-corrected chi connectivity index (χ1v) is 10.3. The lowest BCUT2D eigenvalue weighted by Gasteiger charge is -2.15. The molecule has 0 spiro atoms. The number of rotatable bonds is 7. The molecule has 1 heterocycles. The molecule has 0 bridgehead atoms. The number of hydrogen-bond acceptors (Lipinski definition) is 7. The normalized spacial score (nSPS) is 12.0. The molecule has 0 fully saturated rings. The highest BCUT2D eigenvalue weighted by Gasteiger charge is 2.25. The van der Waals surface area contributed by atoms with Gasteiger partial charge < -0.3 is 10.1 Å². The maximum absolute atomic E-state index is 12.2. The molecule has 0 aliphatic rings. The van der Waals surface area contributed by atoms with E-state index in [0.717, 1.165) is 11.3 Å². The van der Waals surface area contributed by atoms with Gasteiger partial charge in [-0.1, -0.05) is 43.7 Å². The molecule has 0 unspecified atom stereocenters. The van der Waals surface area contributed by atoms with Crippen molar-refractivity contribution in [2.75, 3.05) is 18.5 Å². The summed E-state index contributed by atoms with van der Waals surface area (Å²) in [6.45, 7) is 5.40. The molecule has 1 amide bonds. The van der Waals surface area contributed by atoms with Gasteiger partial charge >= 0.3 is 0 Å². The Hall–Kier alpha value is -1.75. The molecule has 0 radical (unpaired) electrons. The van der Waals surface area contributed by atoms with Crippen molar-refractivity contribution < 1.29 is 17.9 Å². The summed E-state index contributed by atoms with van der Waals surface area (Å²) in [7, 11) is -3.83. The summed E-state index contributed by atoms with van der Waals surface area (Å²) in [6, 6.07) is 6.73. The van der Waals surface area contributed by atoms with Gasteiger partial charge in [0.05, 0.1) is 0 Å². The minimum atomic E-state index is -3.83. The summed E-state index contributed by atoms with van der Waals surface area (Å²) < 4.78 is 31.9. The largest absolute Gasteiger partial charge is 0.492 e. The van der Waals surface area contributed by atoms with Crippen molar-refractivity contribution in [3.63, 3.8) is 0 Å². The van der Waals surface area contributed by atoms with Gasteiger partial charge in [0.15, 0.2) is 0 Å². The minimum Gasteiger partial charge on any atom is -0.492 e. The van der Waals surface area contributed by atoms with Gasteiger partial charge in [-0.25, -0.2) is 13.1 Å². The highest BCUT2D eigenvalue weighted by molar-refractivity contribution is 7.91. The molecule has 11 heteroatoms. The van der Waals surface area contributed by atoms with Crippen LogP contribution in [-0.4, -0.2) is 37.7 Å². The lowest BCUT2D eigenvalue weighted by atomic mass is 9.96. The number of carbonyl (C=O) groups excluding carboxylic acids is 1. The van der Waals surface area contributed by atoms with Gasteiger partial charge in [0.25, 0.3) is 10.0 Å². The Labute approximate surface area is 161 Å². The summed E-state index contributed by atoms with van der Waals surface area (Å²) in [5.41, 5.74) is -0.623. The maximum Gasteiger partial charge on any atom is 0.269 e. The number of nitrogens with zero attached hydrogens (tertiary/aromatic N) is 2. The number of nitrogens with one attached hydrogen (secondary N) is 2. The molecule has 2 aromatic rings. The van der Waals surface area contributed by atoms with E-state index >= 15 is 0 Å². The Balaban J connectivity index is 1.87. The van der Waals surface area contributed by atoms with E-state index in [-0.39, 0.29) is 28.5 Å². The van der Waals surface area contributed by atoms with Crippen LogP contribution < -0.4 is 14.8 Å². The molecule has 0 aliphatic heterocycles. The van der Waals surface area contributed by atoms with Crippen LogP contribution in [0.1, 0.15) is 20.8 Å². The van der Waals surface area contributed by atoms with Gasteiger partial charge in [-0.15, -0.1) is 10.2 Å². The van der Waals surface area contributed by atoms with Crippen molar-refractivity contribution in [3.8, 4) is 5.75 Å². The Kier molecular flexibility index (Phi) is 6.56. The lowest BCUT2D eigenvalue weighted by molar-refractivity contribution is -0.123. The number of anilines is 1. The van der Waals surface area contributed by atoms with E-state index in [1.165, 1.54) is 0 Å². The van der Waals surface area contributed by atoms with Crippen LogP contribution in [0.25, 0.3) is 0 Å². The van der Waals surface area contributed by atoms with E-state index in [4.69, 9.17) is 16.3 Å². The molecular formula is C15H19ClN4O4S2. The first-order valence-electron chi connectivity index (χ1n) is 7.61. The van der Waals surface area contributed by atoms with Gasteiger partial charge in [-0.05, 0) is 24.3 Å². The van der Waals surface area contributed by atoms with Crippen LogP contribution in [0.2, 0.25) is 5.02 Å². The van der Waals surface area contributed by atoms with Crippen molar-refractivity contribution >= 4 is 44.0 Å². The van der Waals surface area contributed by atoms with Crippen molar-refractivity contribution in [2.24, 2.45) is 5.41 Å². The smallest absolute Gasteiger partial charge is 0.269 e. The lowest BCUT2D eigenvalue weighted by Crippen LogP contribution is -2.28. The highest BCUT2D eigenvalue weighted by atomic mass is 35.5. The quantitative estimate of drug-likeness (QED) is 0.528. The maximum atomic E-state index is 12.2. The fourth-order valence-corrected chi connectivity index (χ4v) is 3.67. The number of amides is 1. The third kappa shape index (κ3) is 5.90. The van der Waals surface area contributed by atoms with E-state index in [1.54, 1.807) is 45.0 Å². The second-order valence-electron chi connectivity index (χ2n) is 6.28. The Bertz CT molecular complexity index is 861. The third-order valence-electron chi connectivity index (χ3n) is 3.01. The monoisotopic (exact) mass is 418 g/mol. The molecule has 1 aromatic carbocycles. The van der Waals surface area contributed by atoms with Crippen molar-refractivity contribution in [1.29, 1.82) is 0 Å². The topological polar surface area (TPSA) is 110 Å². The van der Waals surface area contributed by atoms with E-state index < -0.39 is 15.4 Å². The number of aromatic nitrogens is 2. The van der Waals surface area contributed by atoms with Gasteiger partial charge in [-0.3, -0.25) is 4.79 Å². The number of sulfonamides is 1. The molecule has 2 N–H and O–H groups in total. The Morgan fingerprint density at radius 2 is 1.88 bits per heavy atom. The zero-order valence-corrected chi connectivity index (χ0v) is 16.8. The SMILES string of the molecule is CC(C)(C)C(=O)Nc1nnc(S(=O)(=O)NCCOc2ccc(Cl)cc2)s1. The summed E-state index contributed by atoms with van der Waals surface area (Å²) in [5.74, 6) is 0.304. The van der Waals surface area contributed by atoms with Crippen LogP contribution in [0.15, 0.2) is 28.6 Å². The van der Waals surface area contributed by atoms with Gasteiger partial charge in [0, 0.05) is 17.0 Å². The van der Waals surface area contributed by atoms with Crippen molar-refractivity contribution in [2.45, 2.75) is 25.1 Å². The average Bonchev–Trinajstić information content (AvgIpc) is 3.02.